The van der Waals surface area contributed by atoms with E-state index in [1.807, 2.05) is 23.6 Å². The average Bonchev–Trinajstić information content (AvgIpc) is 2.96. The summed E-state index contributed by atoms with van der Waals surface area (Å²) in [5, 5.41) is 0. The molecule has 5 heteroatoms. The monoisotopic (exact) mass is 273 g/mol. The van der Waals surface area contributed by atoms with E-state index < -0.39 is 0 Å². The van der Waals surface area contributed by atoms with Gasteiger partial charge in [-0.1, -0.05) is 19.1 Å². The molecule has 1 N–H and O–H groups in total. The zero-order valence-electron chi connectivity index (χ0n) is 10.9. The Labute approximate surface area is 116 Å². The van der Waals surface area contributed by atoms with E-state index in [0.29, 0.717) is 17.2 Å². The van der Waals surface area contributed by atoms with Crippen LogP contribution in [0.1, 0.15) is 24.1 Å². The van der Waals surface area contributed by atoms with Crippen LogP contribution in [0, 0.1) is 11.7 Å². The highest BCUT2D eigenvalue weighted by Gasteiger charge is 2.10. The van der Waals surface area contributed by atoms with E-state index in [9.17, 15) is 0 Å². The molecule has 1 aromatic carbocycles. The molecule has 0 unspecified atom stereocenters. The maximum absolute atomic E-state index is 5.66. The van der Waals surface area contributed by atoms with E-state index in [-0.39, 0.29) is 0 Å². The molecule has 0 aliphatic rings. The van der Waals surface area contributed by atoms with Gasteiger partial charge in [0.25, 0.3) is 0 Å². The second-order valence-corrected chi connectivity index (χ2v) is 4.95. The van der Waals surface area contributed by atoms with Crippen LogP contribution in [0.5, 0.6) is 0 Å². The van der Waals surface area contributed by atoms with Crippen LogP contribution >= 0.6 is 12.2 Å². The molecule has 0 bridgehead atoms. The summed E-state index contributed by atoms with van der Waals surface area (Å²) in [7, 11) is 0. The summed E-state index contributed by atoms with van der Waals surface area (Å²) in [6.45, 7) is 4.68. The fourth-order valence-electron chi connectivity index (χ4n) is 2.27. The van der Waals surface area contributed by atoms with E-state index in [1.165, 1.54) is 5.56 Å². The summed E-state index contributed by atoms with van der Waals surface area (Å²) in [6, 6.07) is 6.13. The van der Waals surface area contributed by atoms with Crippen LogP contribution in [0.2, 0.25) is 0 Å². The van der Waals surface area contributed by atoms with E-state index in [4.69, 9.17) is 16.6 Å². The van der Waals surface area contributed by atoms with Crippen molar-refractivity contribution < 1.29 is 4.42 Å². The first-order valence-electron chi connectivity index (χ1n) is 6.30. The van der Waals surface area contributed by atoms with Crippen molar-refractivity contribution in [2.45, 2.75) is 26.8 Å². The first-order valence-corrected chi connectivity index (χ1v) is 6.71. The lowest BCUT2D eigenvalue weighted by Crippen LogP contribution is -2.00. The molecule has 0 spiro atoms. The molecule has 19 heavy (non-hydrogen) atoms. The number of oxazole rings is 1. The molecule has 3 rings (SSSR count). The molecular formula is C14H15N3OS. The minimum Gasteiger partial charge on any atom is -0.444 e. The summed E-state index contributed by atoms with van der Waals surface area (Å²) in [6.07, 6.45) is 2.63. The summed E-state index contributed by atoms with van der Waals surface area (Å²) in [5.41, 5.74) is 3.35. The van der Waals surface area contributed by atoms with Crippen molar-refractivity contribution in [1.82, 2.24) is 14.5 Å². The number of H-pyrrole nitrogens is 1. The molecule has 0 aliphatic carbocycles. The lowest BCUT2D eigenvalue weighted by atomic mass is 10.2. The molecule has 0 atom stereocenters. The minimum absolute atomic E-state index is 0.559. The highest BCUT2D eigenvalue weighted by atomic mass is 32.1. The molecule has 0 fully saturated rings. The van der Waals surface area contributed by atoms with Crippen molar-refractivity contribution in [1.29, 1.82) is 0 Å². The molecule has 0 radical (unpaired) electrons. The molecule has 0 aliphatic heterocycles. The van der Waals surface area contributed by atoms with Crippen LogP contribution in [-0.2, 0) is 13.0 Å². The smallest absolute Gasteiger partial charge is 0.214 e. The lowest BCUT2D eigenvalue weighted by Gasteiger charge is -2.03. The minimum atomic E-state index is 0.559. The average molecular weight is 273 g/mol. The Balaban J connectivity index is 2.09. The Bertz CT molecular complexity index is 781. The number of hydrogen-bond donors (Lipinski definition) is 1. The quantitative estimate of drug-likeness (QED) is 0.742. The van der Waals surface area contributed by atoms with Gasteiger partial charge >= 0.3 is 0 Å². The Kier molecular flexibility index (Phi) is 2.98. The van der Waals surface area contributed by atoms with Crippen molar-refractivity contribution in [2.24, 2.45) is 0 Å². The maximum Gasteiger partial charge on any atom is 0.214 e. The van der Waals surface area contributed by atoms with Crippen molar-refractivity contribution in [3.8, 4) is 0 Å². The van der Waals surface area contributed by atoms with Crippen molar-refractivity contribution >= 4 is 23.3 Å². The van der Waals surface area contributed by atoms with Crippen LogP contribution in [-0.4, -0.2) is 14.5 Å². The normalized spacial score (nSPS) is 11.3. The maximum atomic E-state index is 5.66. The Morgan fingerprint density at radius 1 is 1.42 bits per heavy atom. The number of benzene rings is 1. The summed E-state index contributed by atoms with van der Waals surface area (Å²) in [4.78, 5) is 7.51. The van der Waals surface area contributed by atoms with Gasteiger partial charge in [-0.2, -0.15) is 0 Å². The molecule has 4 nitrogen and oxygen atoms in total. The van der Waals surface area contributed by atoms with Crippen LogP contribution in [0.4, 0.5) is 0 Å². The van der Waals surface area contributed by atoms with Crippen molar-refractivity contribution in [3.05, 3.63) is 46.4 Å². The van der Waals surface area contributed by atoms with Gasteiger partial charge < -0.3 is 14.0 Å². The highest BCUT2D eigenvalue weighted by Crippen LogP contribution is 2.19. The number of hydrogen-bond acceptors (Lipinski definition) is 3. The van der Waals surface area contributed by atoms with E-state index in [0.717, 1.165) is 23.2 Å². The molecule has 0 saturated heterocycles. The molecule has 3 aromatic rings. The van der Waals surface area contributed by atoms with Gasteiger partial charge in [0, 0.05) is 6.42 Å². The second-order valence-electron chi connectivity index (χ2n) is 4.56. The number of fused-ring (bicyclic) bond motifs is 1. The van der Waals surface area contributed by atoms with Gasteiger partial charge in [-0.3, -0.25) is 0 Å². The van der Waals surface area contributed by atoms with Crippen LogP contribution < -0.4 is 0 Å². The van der Waals surface area contributed by atoms with E-state index in [2.05, 4.69) is 23.0 Å². The fourth-order valence-corrected chi connectivity index (χ4v) is 2.54. The van der Waals surface area contributed by atoms with Crippen LogP contribution in [0.3, 0.4) is 0 Å². The number of aromatic nitrogens is 3. The Morgan fingerprint density at radius 3 is 3.00 bits per heavy atom. The van der Waals surface area contributed by atoms with Gasteiger partial charge in [-0.15, -0.1) is 0 Å². The Morgan fingerprint density at radius 2 is 2.26 bits per heavy atom. The SMILES string of the molecule is CCc1cnc(Cn2c(=S)[nH]c3cccc(C)c32)o1. The van der Waals surface area contributed by atoms with Gasteiger partial charge in [0.05, 0.1) is 17.2 Å². The lowest BCUT2D eigenvalue weighted by molar-refractivity contribution is 0.447. The van der Waals surface area contributed by atoms with E-state index in [1.54, 1.807) is 6.20 Å². The third-order valence-corrected chi connectivity index (χ3v) is 3.56. The summed E-state index contributed by atoms with van der Waals surface area (Å²) >= 11 is 5.38. The van der Waals surface area contributed by atoms with Crippen molar-refractivity contribution in [3.63, 3.8) is 0 Å². The number of rotatable bonds is 3. The summed E-state index contributed by atoms with van der Waals surface area (Å²) < 4.78 is 8.39. The number of para-hydroxylation sites is 1. The fraction of sp³-hybridized carbons (Fsp3) is 0.286. The highest BCUT2D eigenvalue weighted by molar-refractivity contribution is 7.71. The molecule has 0 amide bonds. The van der Waals surface area contributed by atoms with Gasteiger partial charge in [0.15, 0.2) is 4.77 Å². The van der Waals surface area contributed by atoms with Gasteiger partial charge in [-0.05, 0) is 30.8 Å². The first-order chi connectivity index (χ1) is 9.19. The number of aromatic amines is 1. The number of aryl methyl sites for hydroxylation is 2. The number of imidazole rings is 1. The molecule has 0 saturated carbocycles. The second kappa shape index (κ2) is 4.66. The molecule has 98 valence electrons. The molecule has 2 aromatic heterocycles. The topological polar surface area (TPSA) is 46.8 Å². The van der Waals surface area contributed by atoms with E-state index >= 15 is 0 Å². The van der Waals surface area contributed by atoms with Gasteiger partial charge in [0.2, 0.25) is 5.89 Å². The third-order valence-electron chi connectivity index (χ3n) is 3.24. The molecular weight excluding hydrogens is 258 g/mol. The van der Waals surface area contributed by atoms with Gasteiger partial charge in [0.1, 0.15) is 12.3 Å². The third kappa shape index (κ3) is 2.10. The standard InChI is InChI=1S/C14H15N3OS/c1-3-10-7-15-12(18-10)8-17-13-9(2)5-4-6-11(13)16-14(17)19/h4-7H,3,8H2,1-2H3,(H,16,19). The van der Waals surface area contributed by atoms with Crippen LogP contribution in [0.15, 0.2) is 28.8 Å². The van der Waals surface area contributed by atoms with Gasteiger partial charge in [-0.25, -0.2) is 4.98 Å². The van der Waals surface area contributed by atoms with Crippen molar-refractivity contribution in [2.75, 3.05) is 0 Å². The Hall–Kier alpha value is -1.88. The van der Waals surface area contributed by atoms with Crippen LogP contribution in [0.25, 0.3) is 11.0 Å². The largest absolute Gasteiger partial charge is 0.444 e. The zero-order chi connectivity index (χ0) is 13.4. The predicted octanol–water partition coefficient (Wildman–Crippen LogP) is 3.61. The number of nitrogens with one attached hydrogen (secondary N) is 1. The summed E-state index contributed by atoms with van der Waals surface area (Å²) in [5.74, 6) is 1.59. The first kappa shape index (κ1) is 12.2. The molecule has 2 heterocycles. The number of nitrogens with zero attached hydrogens (tertiary/aromatic N) is 2. The zero-order valence-corrected chi connectivity index (χ0v) is 11.8. The predicted molar refractivity (Wildman–Crippen MR) is 76.8 cm³/mol.